The number of carbonyl (C=O) groups is 11. The van der Waals surface area contributed by atoms with Crippen LogP contribution in [-0.2, 0) is 52.7 Å². The first kappa shape index (κ1) is 70.2. The number of carbonyl (C=O) groups excluding carboxylic acids is 11. The van der Waals surface area contributed by atoms with Gasteiger partial charge in [0.25, 0.3) is 0 Å². The summed E-state index contributed by atoms with van der Waals surface area (Å²) < 4.78 is 0. The maximum Gasteiger partial charge on any atom is 0.245 e. The molecule has 0 spiro atoms. The van der Waals surface area contributed by atoms with Crippen molar-refractivity contribution in [1.82, 2.24) is 47.9 Å². The Morgan fingerprint density at radius 3 is 1.65 bits per heavy atom. The van der Waals surface area contributed by atoms with Gasteiger partial charge in [0.05, 0.1) is 13.2 Å². The van der Waals surface area contributed by atoms with E-state index in [9.17, 15) is 57.8 Å². The number of nitrogens with one attached hydrogen (secondary N) is 9. The number of primary amides is 2. The predicted octanol–water partition coefficient (Wildman–Crippen LogP) is -4.09. The number of rotatable bonds is 41. The van der Waals surface area contributed by atoms with E-state index in [0.29, 0.717) is 38.6 Å². The number of guanidine groups is 1. The quantitative estimate of drug-likeness (QED) is 0.00527. The van der Waals surface area contributed by atoms with E-state index in [4.69, 9.17) is 40.6 Å². The van der Waals surface area contributed by atoms with Crippen molar-refractivity contribution in [2.75, 3.05) is 32.8 Å². The molecule has 9 atom stereocenters. The van der Waals surface area contributed by atoms with Gasteiger partial charge < -0.3 is 81.6 Å². The van der Waals surface area contributed by atoms with E-state index in [-0.39, 0.29) is 76.3 Å². The van der Waals surface area contributed by atoms with E-state index < -0.39 is 139 Å². The topological polar surface area (TPSA) is 507 Å². The molecule has 0 rings (SSSR count). The lowest BCUT2D eigenvalue weighted by molar-refractivity contribution is -0.137. The molecule has 0 fully saturated rings. The molecular weight excluding hydrogens is 1020 g/mol. The molecule has 78 heavy (non-hydrogen) atoms. The molecule has 20 N–H and O–H groups in total. The zero-order valence-corrected chi connectivity index (χ0v) is 45.4. The highest BCUT2D eigenvalue weighted by molar-refractivity contribution is 5.98. The summed E-state index contributed by atoms with van der Waals surface area (Å²) in [5, 5.41) is 36.0. The monoisotopic (exact) mass is 1100 g/mol. The minimum Gasteiger partial charge on any atom is -0.394 e. The zero-order valence-electron chi connectivity index (χ0n) is 45.4. The number of aliphatic hydroxyl groups excluding tert-OH is 1. The van der Waals surface area contributed by atoms with Crippen LogP contribution in [0.15, 0.2) is 10.1 Å². The van der Waals surface area contributed by atoms with Crippen molar-refractivity contribution < 1.29 is 57.8 Å². The first-order valence-electron chi connectivity index (χ1n) is 25.9. The molecule has 0 aliphatic rings. The highest BCUT2D eigenvalue weighted by Gasteiger charge is 2.36. The van der Waals surface area contributed by atoms with Crippen LogP contribution in [0.2, 0.25) is 0 Å². The highest BCUT2D eigenvalue weighted by Crippen LogP contribution is 2.13. The lowest BCUT2D eigenvalue weighted by atomic mass is 9.97. The Morgan fingerprint density at radius 2 is 1.13 bits per heavy atom. The summed E-state index contributed by atoms with van der Waals surface area (Å²) in [7, 11) is 0. The Balaban J connectivity index is 6.57. The maximum absolute atomic E-state index is 14.2. The number of hydrogen-bond acceptors (Lipinski definition) is 15. The molecule has 438 valence electrons. The highest BCUT2D eigenvalue weighted by atomic mass is 16.3. The molecule has 0 saturated carbocycles. The molecule has 0 aliphatic carbocycles. The molecule has 0 unspecified atom stereocenters. The maximum atomic E-state index is 14.2. The van der Waals surface area contributed by atoms with Crippen molar-refractivity contribution in [3.63, 3.8) is 0 Å². The fourth-order valence-corrected chi connectivity index (χ4v) is 7.44. The van der Waals surface area contributed by atoms with Gasteiger partial charge in [-0.3, -0.25) is 57.7 Å². The Kier molecular flexibility index (Phi) is 35.6. The third kappa shape index (κ3) is 30.1. The lowest BCUT2D eigenvalue weighted by Crippen LogP contribution is -2.61. The van der Waals surface area contributed by atoms with Gasteiger partial charge in [0.2, 0.25) is 65.0 Å². The number of azide groups is 1. The van der Waals surface area contributed by atoms with Gasteiger partial charge in [-0.1, -0.05) is 39.2 Å². The van der Waals surface area contributed by atoms with E-state index in [1.165, 1.54) is 6.92 Å². The van der Waals surface area contributed by atoms with Gasteiger partial charge in [-0.15, -0.1) is 12.3 Å². The minimum absolute atomic E-state index is 0.0107. The Bertz CT molecular complexity index is 2130. The number of hydrogen-bond donors (Lipinski definition) is 15. The largest absolute Gasteiger partial charge is 0.394 e. The van der Waals surface area contributed by atoms with E-state index in [0.717, 1.165) is 0 Å². The molecule has 30 heteroatoms. The second kappa shape index (κ2) is 39.6. The number of aliphatic imine (C=N–C) groups is 1. The first-order valence-corrected chi connectivity index (χ1v) is 25.9. The van der Waals surface area contributed by atoms with Crippen LogP contribution in [0.4, 0.5) is 0 Å². The Hall–Kier alpha value is -7.77. The average molecular weight is 1110 g/mol. The Labute approximate surface area is 454 Å². The van der Waals surface area contributed by atoms with Crippen molar-refractivity contribution >= 4 is 70.9 Å². The molecule has 0 aromatic rings. The summed E-state index contributed by atoms with van der Waals surface area (Å²) in [6.45, 7) is 6.54. The van der Waals surface area contributed by atoms with Crippen molar-refractivity contribution in [2.24, 2.45) is 50.6 Å². The second-order valence-electron chi connectivity index (χ2n) is 18.9. The molecule has 11 amide bonds. The van der Waals surface area contributed by atoms with Gasteiger partial charge >= 0.3 is 0 Å². The molecule has 0 saturated heterocycles. The van der Waals surface area contributed by atoms with Crippen LogP contribution >= 0.6 is 0 Å². The molecular formula is C48H84N18O12. The van der Waals surface area contributed by atoms with Gasteiger partial charge in [0.15, 0.2) is 5.96 Å². The van der Waals surface area contributed by atoms with Gasteiger partial charge in [0.1, 0.15) is 48.3 Å². The van der Waals surface area contributed by atoms with Gasteiger partial charge in [-0.2, -0.15) is 0 Å². The van der Waals surface area contributed by atoms with Crippen molar-refractivity contribution in [3.05, 3.63) is 10.4 Å². The number of nitrogens with zero attached hydrogens (tertiary/aromatic N) is 4. The average Bonchev–Trinajstić information content (AvgIpc) is 3.37. The van der Waals surface area contributed by atoms with Gasteiger partial charge in [0, 0.05) is 37.8 Å². The van der Waals surface area contributed by atoms with Crippen LogP contribution in [-0.4, -0.2) is 157 Å². The van der Waals surface area contributed by atoms with Crippen LogP contribution in [0.5, 0.6) is 0 Å². The molecule has 30 nitrogen and oxygen atoms in total. The summed E-state index contributed by atoms with van der Waals surface area (Å²) in [5.74, 6) is -7.91. The fraction of sp³-hybridized carbons (Fsp3) is 0.708. The van der Waals surface area contributed by atoms with E-state index in [2.05, 4.69) is 68.8 Å². The van der Waals surface area contributed by atoms with Crippen molar-refractivity contribution in [2.45, 2.75) is 173 Å². The minimum atomic E-state index is -1.76. The summed E-state index contributed by atoms with van der Waals surface area (Å²) >= 11 is 0. The number of aliphatic hydroxyl groups is 1. The van der Waals surface area contributed by atoms with E-state index in [1.54, 1.807) is 27.7 Å². The third-order valence-electron chi connectivity index (χ3n) is 11.9. The van der Waals surface area contributed by atoms with E-state index >= 15 is 0 Å². The lowest BCUT2D eigenvalue weighted by Gasteiger charge is -2.29. The molecule has 0 radical (unpaired) electrons. The first-order chi connectivity index (χ1) is 36.8. The van der Waals surface area contributed by atoms with E-state index in [1.807, 2.05) is 0 Å². The fourth-order valence-electron chi connectivity index (χ4n) is 7.44. The molecule has 0 aromatic heterocycles. The number of nitrogens with two attached hydrogens (primary N) is 5. The van der Waals surface area contributed by atoms with Crippen LogP contribution in [0.3, 0.4) is 0 Å². The number of terminal acetylenes is 1. The normalized spacial score (nSPS) is 14.2. The SMILES string of the molecule is C#CCCCC[C@H](NC(=O)[C@H](CCC(N)=O)NC(=O)[C@@H](NC(=O)[C@H](CO)NC(=O)[C@H](CCN=[N+]=[N-])NC(=O)CNC(=O)[C@H](CCCCN)NC(C)=O)[C@@H](C)CC)C(=O)N[C@@H](CC(C)C)C(=O)N[C@@H](CCCN=C(N)N)C(N)=O. The summed E-state index contributed by atoms with van der Waals surface area (Å²) in [6.07, 6.45) is 7.35. The number of unbranched alkanes of at least 4 members (excludes halogenated alkanes) is 3. The standard InChI is InChI=1S/C48H84N18O12/c1-7-9-10-11-15-32(42(73)63-35(24-27(3)4)45(76)60-30(40(51)71)17-14-22-55-48(52)53)61-43(74)33(18-19-37(50)69)62-47(78)39(28(5)8-2)65-46(77)36(26-67)64-44(75)34(20-23-57-66-54)59-38(70)25-56-41(72)31(58-29(6)68)16-12-13-21-49/h1,27-28,30-36,39,67H,8-26,49H2,2-6H3,(H2,50,69)(H2,51,71)(H,56,72)(H,58,68)(H,59,70)(H,60,76)(H,61,74)(H,62,78)(H,63,73)(H,64,75)(H,65,77)(H4,52,53,55)/t28-,30-,31-,32-,33-,34-,35-,36-,39-/m0/s1. The molecule has 0 aliphatic heterocycles. The second-order valence-corrected chi connectivity index (χ2v) is 18.9. The van der Waals surface area contributed by atoms with Crippen LogP contribution < -0.4 is 76.5 Å². The third-order valence-corrected chi connectivity index (χ3v) is 11.9. The molecule has 0 aromatic carbocycles. The Morgan fingerprint density at radius 1 is 0.615 bits per heavy atom. The van der Waals surface area contributed by atoms with Gasteiger partial charge in [-0.05, 0) is 94.5 Å². The van der Waals surface area contributed by atoms with Crippen LogP contribution in [0.1, 0.15) is 125 Å². The smallest absolute Gasteiger partial charge is 0.245 e. The van der Waals surface area contributed by atoms with Crippen LogP contribution in [0.25, 0.3) is 10.4 Å². The molecule has 0 bridgehead atoms. The summed E-state index contributed by atoms with van der Waals surface area (Å²) in [5.41, 5.74) is 36.1. The van der Waals surface area contributed by atoms with Crippen molar-refractivity contribution in [3.8, 4) is 12.3 Å². The number of amides is 11. The van der Waals surface area contributed by atoms with Crippen molar-refractivity contribution in [1.29, 1.82) is 0 Å². The summed E-state index contributed by atoms with van der Waals surface area (Å²) in [6, 6.07) is -11.0. The van der Waals surface area contributed by atoms with Gasteiger partial charge in [-0.25, -0.2) is 0 Å². The predicted molar refractivity (Wildman–Crippen MR) is 286 cm³/mol. The zero-order chi connectivity index (χ0) is 59.3. The summed E-state index contributed by atoms with van der Waals surface area (Å²) in [4.78, 5) is 152. The van der Waals surface area contributed by atoms with Crippen LogP contribution in [0, 0.1) is 24.2 Å². The molecule has 0 heterocycles.